The van der Waals surface area contributed by atoms with E-state index < -0.39 is 17.3 Å². The van der Waals surface area contributed by atoms with Crippen molar-refractivity contribution in [2.24, 2.45) is 5.73 Å². The van der Waals surface area contributed by atoms with Crippen molar-refractivity contribution in [3.05, 3.63) is 102 Å². The highest BCUT2D eigenvalue weighted by molar-refractivity contribution is 6.21. The number of ketones is 2. The van der Waals surface area contributed by atoms with Crippen LogP contribution in [0.15, 0.2) is 84.9 Å². The van der Waals surface area contributed by atoms with Gasteiger partial charge in [0.1, 0.15) is 5.75 Å². The lowest BCUT2D eigenvalue weighted by Gasteiger charge is -2.20. The summed E-state index contributed by atoms with van der Waals surface area (Å²) in [6.45, 7) is 0.563. The zero-order valence-electron chi connectivity index (χ0n) is 16.7. The Bertz CT molecular complexity index is 967. The normalized spacial score (nSPS) is 12.7. The number of aliphatic hydroxyl groups is 1. The van der Waals surface area contributed by atoms with Gasteiger partial charge in [-0.05, 0) is 49.1 Å². The Morgan fingerprint density at radius 3 is 1.90 bits per heavy atom. The van der Waals surface area contributed by atoms with Crippen molar-refractivity contribution >= 4 is 11.6 Å². The maximum absolute atomic E-state index is 12.6. The van der Waals surface area contributed by atoms with Crippen molar-refractivity contribution < 1.29 is 19.4 Å². The van der Waals surface area contributed by atoms with E-state index in [1.165, 1.54) is 29.8 Å². The highest BCUT2D eigenvalue weighted by Gasteiger charge is 2.40. The third-order valence-corrected chi connectivity index (χ3v) is 4.82. The smallest absolute Gasteiger partial charge is 0.243 e. The molecular formula is C25H25NO4. The molecule has 0 aromatic heterocycles. The van der Waals surface area contributed by atoms with E-state index in [0.29, 0.717) is 12.4 Å². The number of rotatable bonds is 10. The van der Waals surface area contributed by atoms with E-state index in [-0.39, 0.29) is 11.1 Å². The minimum absolute atomic E-state index is 0.140. The number of Topliss-reactive ketones (excluding diaryl/α,β-unsaturated/α-hetero) is 2. The molecule has 3 aromatic rings. The Morgan fingerprint density at radius 1 is 0.767 bits per heavy atom. The first-order valence-electron chi connectivity index (χ1n) is 9.91. The number of aryl methyl sites for hydroxylation is 1. The van der Waals surface area contributed by atoms with Crippen LogP contribution in [0.2, 0.25) is 0 Å². The summed E-state index contributed by atoms with van der Waals surface area (Å²) >= 11 is 0. The number of ether oxygens (including phenoxy) is 1. The van der Waals surface area contributed by atoms with Crippen LogP contribution in [0.1, 0.15) is 39.1 Å². The Kier molecular flexibility index (Phi) is 7.12. The van der Waals surface area contributed by atoms with Crippen molar-refractivity contribution in [2.45, 2.75) is 25.0 Å². The summed E-state index contributed by atoms with van der Waals surface area (Å²) in [5.74, 6) is -1.08. The van der Waals surface area contributed by atoms with Gasteiger partial charge in [0, 0.05) is 11.1 Å². The van der Waals surface area contributed by atoms with Gasteiger partial charge in [-0.2, -0.15) is 0 Å². The summed E-state index contributed by atoms with van der Waals surface area (Å²) in [4.78, 5) is 25.0. The van der Waals surface area contributed by atoms with Crippen LogP contribution in [-0.4, -0.2) is 29.0 Å². The van der Waals surface area contributed by atoms with Gasteiger partial charge in [0.15, 0.2) is 0 Å². The first-order valence-corrected chi connectivity index (χ1v) is 9.91. The molecule has 154 valence electrons. The average molecular weight is 403 g/mol. The van der Waals surface area contributed by atoms with E-state index in [1.807, 2.05) is 18.2 Å². The van der Waals surface area contributed by atoms with Crippen LogP contribution in [0, 0.1) is 0 Å². The van der Waals surface area contributed by atoms with E-state index >= 15 is 0 Å². The van der Waals surface area contributed by atoms with E-state index in [2.05, 4.69) is 12.1 Å². The van der Waals surface area contributed by atoms with Crippen LogP contribution in [0.5, 0.6) is 5.75 Å². The van der Waals surface area contributed by atoms with Crippen molar-refractivity contribution in [1.82, 2.24) is 0 Å². The van der Waals surface area contributed by atoms with Gasteiger partial charge in [-0.25, -0.2) is 0 Å². The number of nitrogens with two attached hydrogens (primary N) is 1. The molecule has 0 radical (unpaired) electrons. The van der Waals surface area contributed by atoms with Gasteiger partial charge in [-0.1, -0.05) is 60.7 Å². The van der Waals surface area contributed by atoms with Crippen LogP contribution in [0.25, 0.3) is 0 Å². The molecule has 0 aliphatic heterocycles. The van der Waals surface area contributed by atoms with Crippen LogP contribution < -0.4 is 10.5 Å². The molecule has 0 amide bonds. The predicted octanol–water partition coefficient (Wildman–Crippen LogP) is 3.80. The number of carbonyl (C=O) groups is 2. The molecule has 3 aromatic carbocycles. The predicted molar refractivity (Wildman–Crippen MR) is 116 cm³/mol. The molecule has 0 bridgehead atoms. The lowest BCUT2D eigenvalue weighted by atomic mass is 9.93. The molecule has 5 heteroatoms. The summed E-state index contributed by atoms with van der Waals surface area (Å²) in [5, 5.41) is 10.4. The maximum Gasteiger partial charge on any atom is 0.243 e. The van der Waals surface area contributed by atoms with Crippen molar-refractivity contribution in [3.8, 4) is 5.75 Å². The van der Waals surface area contributed by atoms with Gasteiger partial charge in [0.05, 0.1) is 6.61 Å². The second-order valence-electron chi connectivity index (χ2n) is 7.11. The Hall–Kier alpha value is -3.28. The van der Waals surface area contributed by atoms with Gasteiger partial charge < -0.3 is 9.84 Å². The molecular weight excluding hydrogens is 378 g/mol. The molecule has 1 unspecified atom stereocenters. The Morgan fingerprint density at radius 2 is 1.30 bits per heavy atom. The molecule has 5 nitrogen and oxygen atoms in total. The standard InChI is InChI=1S/C25H25NO4/c26-25(29,23(27)20-12-5-2-6-13-20)24(28)21-14-16-22(17-15-21)30-18-8-7-11-19-9-3-1-4-10-19/h1-6,9-10,12-17,29H,7-8,11,18,26H2. The number of hydrogen-bond donors (Lipinski definition) is 2. The molecule has 0 aliphatic rings. The minimum Gasteiger partial charge on any atom is -0.494 e. The van der Waals surface area contributed by atoms with E-state index in [4.69, 9.17) is 10.5 Å². The lowest BCUT2D eigenvalue weighted by Crippen LogP contribution is -2.54. The molecule has 0 saturated heterocycles. The molecule has 0 aliphatic carbocycles. The second-order valence-corrected chi connectivity index (χ2v) is 7.11. The van der Waals surface area contributed by atoms with E-state index in [0.717, 1.165) is 19.3 Å². The SMILES string of the molecule is NC(O)(C(=O)c1ccccc1)C(=O)c1ccc(OCCCCc2ccccc2)cc1. The van der Waals surface area contributed by atoms with Crippen molar-refractivity contribution in [3.63, 3.8) is 0 Å². The summed E-state index contributed by atoms with van der Waals surface area (Å²) in [5.41, 5.74) is 4.69. The molecule has 0 heterocycles. The zero-order valence-corrected chi connectivity index (χ0v) is 16.7. The Labute approximate surface area is 176 Å². The average Bonchev–Trinajstić information content (AvgIpc) is 2.79. The summed E-state index contributed by atoms with van der Waals surface area (Å²) < 4.78 is 5.71. The minimum atomic E-state index is -2.62. The Balaban J connectivity index is 1.51. The third-order valence-electron chi connectivity index (χ3n) is 4.82. The fourth-order valence-electron chi connectivity index (χ4n) is 3.10. The van der Waals surface area contributed by atoms with Crippen LogP contribution >= 0.6 is 0 Å². The quantitative estimate of drug-likeness (QED) is 0.233. The van der Waals surface area contributed by atoms with E-state index in [1.54, 1.807) is 30.3 Å². The molecule has 30 heavy (non-hydrogen) atoms. The molecule has 0 saturated carbocycles. The highest BCUT2D eigenvalue weighted by Crippen LogP contribution is 2.19. The first kappa shape index (κ1) is 21.4. The van der Waals surface area contributed by atoms with Gasteiger partial charge in [-0.3, -0.25) is 15.3 Å². The van der Waals surface area contributed by atoms with E-state index in [9.17, 15) is 14.7 Å². The third kappa shape index (κ3) is 5.41. The number of unbranched alkanes of at least 4 members (excludes halogenated alkanes) is 1. The summed E-state index contributed by atoms with van der Waals surface area (Å²) in [7, 11) is 0. The largest absolute Gasteiger partial charge is 0.494 e. The topological polar surface area (TPSA) is 89.6 Å². The highest BCUT2D eigenvalue weighted by atomic mass is 16.5. The number of carbonyl (C=O) groups excluding carboxylic acids is 2. The monoisotopic (exact) mass is 403 g/mol. The molecule has 0 spiro atoms. The lowest BCUT2D eigenvalue weighted by molar-refractivity contribution is 0.0316. The molecule has 1 atom stereocenters. The number of benzene rings is 3. The van der Waals surface area contributed by atoms with Crippen molar-refractivity contribution in [1.29, 1.82) is 0 Å². The molecule has 3 N–H and O–H groups in total. The van der Waals surface area contributed by atoms with Gasteiger partial charge in [0.2, 0.25) is 17.3 Å². The van der Waals surface area contributed by atoms with Crippen LogP contribution in [0.3, 0.4) is 0 Å². The fraction of sp³-hybridized carbons (Fsp3) is 0.200. The summed E-state index contributed by atoms with van der Waals surface area (Å²) in [6.07, 6.45) is 2.92. The number of hydrogen-bond acceptors (Lipinski definition) is 5. The molecule has 3 rings (SSSR count). The fourth-order valence-corrected chi connectivity index (χ4v) is 3.10. The first-order chi connectivity index (χ1) is 14.5. The second kappa shape index (κ2) is 9.96. The van der Waals surface area contributed by atoms with Gasteiger partial charge >= 0.3 is 0 Å². The van der Waals surface area contributed by atoms with Gasteiger partial charge in [0.25, 0.3) is 0 Å². The summed E-state index contributed by atoms with van der Waals surface area (Å²) in [6, 6.07) is 24.6. The van der Waals surface area contributed by atoms with Crippen molar-refractivity contribution in [2.75, 3.05) is 6.61 Å². The van der Waals surface area contributed by atoms with Crippen LogP contribution in [-0.2, 0) is 6.42 Å². The van der Waals surface area contributed by atoms with Gasteiger partial charge in [-0.15, -0.1) is 0 Å². The zero-order chi connectivity index (χ0) is 21.4. The molecule has 0 fully saturated rings. The van der Waals surface area contributed by atoms with Crippen LogP contribution in [0.4, 0.5) is 0 Å². The maximum atomic E-state index is 12.6.